The van der Waals surface area contributed by atoms with E-state index in [1.165, 1.54) is 7.11 Å². The number of hydrogen-bond donors (Lipinski definition) is 1. The van der Waals surface area contributed by atoms with E-state index in [4.69, 9.17) is 4.74 Å². The molecule has 13 heavy (non-hydrogen) atoms. The average molecular weight is 188 g/mol. The summed E-state index contributed by atoms with van der Waals surface area (Å²) in [5.41, 5.74) is -0.655. The first-order valence-corrected chi connectivity index (χ1v) is 4.86. The van der Waals surface area contributed by atoms with Crippen LogP contribution < -0.4 is 0 Å². The van der Waals surface area contributed by atoms with Crippen molar-refractivity contribution in [2.75, 3.05) is 13.7 Å². The maximum absolute atomic E-state index is 11.5. The van der Waals surface area contributed by atoms with Gasteiger partial charge in [0.1, 0.15) is 0 Å². The molecule has 0 amide bonds. The van der Waals surface area contributed by atoms with Crippen molar-refractivity contribution in [1.29, 1.82) is 0 Å². The molecule has 0 aliphatic heterocycles. The summed E-state index contributed by atoms with van der Waals surface area (Å²) in [6, 6.07) is 0. The highest BCUT2D eigenvalue weighted by molar-refractivity contribution is 5.76. The molecule has 0 aromatic heterocycles. The van der Waals surface area contributed by atoms with Gasteiger partial charge < -0.3 is 9.84 Å². The van der Waals surface area contributed by atoms with E-state index in [9.17, 15) is 9.90 Å². The number of methoxy groups -OCH3 is 1. The number of carbonyl (C=O) groups is 1. The zero-order valence-corrected chi connectivity index (χ0v) is 8.80. The number of aliphatic hydroxyl groups is 1. The Balaban J connectivity index is 4.52. The van der Waals surface area contributed by atoms with Gasteiger partial charge >= 0.3 is 5.97 Å². The first-order valence-electron chi connectivity index (χ1n) is 4.86. The number of aliphatic hydroxyl groups excluding tert-OH is 1. The summed E-state index contributed by atoms with van der Waals surface area (Å²) in [5.74, 6) is -0.279. The standard InChI is InChI=1S/C10H20O3/c1-4-6-10(8-11,7-5-2)9(12)13-3/h11H,4-8H2,1-3H3. The van der Waals surface area contributed by atoms with Crippen molar-refractivity contribution in [3.63, 3.8) is 0 Å². The topological polar surface area (TPSA) is 46.5 Å². The molecule has 0 atom stereocenters. The first-order chi connectivity index (χ1) is 6.16. The smallest absolute Gasteiger partial charge is 0.314 e. The van der Waals surface area contributed by atoms with Gasteiger partial charge in [-0.05, 0) is 12.8 Å². The van der Waals surface area contributed by atoms with Crippen LogP contribution in [0.5, 0.6) is 0 Å². The number of esters is 1. The van der Waals surface area contributed by atoms with Crippen LogP contribution in [0.25, 0.3) is 0 Å². The van der Waals surface area contributed by atoms with Crippen molar-refractivity contribution < 1.29 is 14.6 Å². The van der Waals surface area contributed by atoms with E-state index in [1.807, 2.05) is 13.8 Å². The predicted molar refractivity (Wildman–Crippen MR) is 51.4 cm³/mol. The highest BCUT2D eigenvalue weighted by atomic mass is 16.5. The van der Waals surface area contributed by atoms with Gasteiger partial charge in [-0.1, -0.05) is 26.7 Å². The predicted octanol–water partition coefficient (Wildman–Crippen LogP) is 1.74. The third-order valence-electron chi connectivity index (χ3n) is 2.38. The minimum Gasteiger partial charge on any atom is -0.469 e. The van der Waals surface area contributed by atoms with Crippen LogP contribution in [0.2, 0.25) is 0 Å². The monoisotopic (exact) mass is 188 g/mol. The van der Waals surface area contributed by atoms with Crippen molar-refractivity contribution in [2.45, 2.75) is 39.5 Å². The second-order valence-electron chi connectivity index (χ2n) is 3.43. The van der Waals surface area contributed by atoms with Gasteiger partial charge in [-0.25, -0.2) is 0 Å². The second kappa shape index (κ2) is 5.97. The molecule has 0 aromatic rings. The summed E-state index contributed by atoms with van der Waals surface area (Å²) in [6.07, 6.45) is 3.17. The SMILES string of the molecule is CCCC(CO)(CCC)C(=O)OC. The second-order valence-corrected chi connectivity index (χ2v) is 3.43. The summed E-state index contributed by atoms with van der Waals surface area (Å²) in [5, 5.41) is 9.24. The fourth-order valence-corrected chi connectivity index (χ4v) is 1.73. The van der Waals surface area contributed by atoms with Crippen LogP contribution in [0, 0.1) is 5.41 Å². The summed E-state index contributed by atoms with van der Waals surface area (Å²) >= 11 is 0. The molecular weight excluding hydrogens is 168 g/mol. The Kier molecular flexibility index (Phi) is 5.71. The van der Waals surface area contributed by atoms with E-state index >= 15 is 0 Å². The lowest BCUT2D eigenvalue weighted by Gasteiger charge is -2.27. The van der Waals surface area contributed by atoms with Gasteiger partial charge in [-0.15, -0.1) is 0 Å². The van der Waals surface area contributed by atoms with Gasteiger partial charge in [-0.3, -0.25) is 4.79 Å². The van der Waals surface area contributed by atoms with Crippen molar-refractivity contribution in [2.24, 2.45) is 5.41 Å². The maximum Gasteiger partial charge on any atom is 0.314 e. The molecule has 1 N–H and O–H groups in total. The molecule has 3 heteroatoms. The van der Waals surface area contributed by atoms with Crippen LogP contribution in [0.4, 0.5) is 0 Å². The van der Waals surface area contributed by atoms with Crippen LogP contribution in [-0.2, 0) is 9.53 Å². The van der Waals surface area contributed by atoms with Crippen LogP contribution in [0.1, 0.15) is 39.5 Å². The lowest BCUT2D eigenvalue weighted by atomic mass is 9.80. The molecule has 0 aromatic carbocycles. The lowest BCUT2D eigenvalue weighted by Crippen LogP contribution is -2.35. The normalized spacial score (nSPS) is 11.4. The molecule has 0 fully saturated rings. The molecule has 0 saturated carbocycles. The van der Waals surface area contributed by atoms with E-state index in [0.717, 1.165) is 12.8 Å². The fraction of sp³-hybridized carbons (Fsp3) is 0.900. The Bertz CT molecular complexity index is 148. The molecule has 0 saturated heterocycles. The molecule has 3 nitrogen and oxygen atoms in total. The zero-order chi connectivity index (χ0) is 10.3. The number of carbonyl (C=O) groups excluding carboxylic acids is 1. The summed E-state index contributed by atoms with van der Waals surface area (Å²) in [4.78, 5) is 11.5. The van der Waals surface area contributed by atoms with E-state index in [-0.39, 0.29) is 12.6 Å². The van der Waals surface area contributed by atoms with Crippen LogP contribution in [-0.4, -0.2) is 24.8 Å². The summed E-state index contributed by atoms with van der Waals surface area (Å²) in [7, 11) is 1.37. The Morgan fingerprint density at radius 3 is 2.00 bits per heavy atom. The number of ether oxygens (including phenoxy) is 1. The fourth-order valence-electron chi connectivity index (χ4n) is 1.73. The largest absolute Gasteiger partial charge is 0.469 e. The van der Waals surface area contributed by atoms with E-state index in [2.05, 4.69) is 0 Å². The molecule has 0 aliphatic carbocycles. The van der Waals surface area contributed by atoms with E-state index in [1.54, 1.807) is 0 Å². The summed E-state index contributed by atoms with van der Waals surface area (Å²) in [6.45, 7) is 3.90. The molecule has 0 spiro atoms. The summed E-state index contributed by atoms with van der Waals surface area (Å²) < 4.78 is 4.71. The van der Waals surface area contributed by atoms with Crippen LogP contribution >= 0.6 is 0 Å². The zero-order valence-electron chi connectivity index (χ0n) is 8.80. The van der Waals surface area contributed by atoms with Gasteiger partial charge in [0.15, 0.2) is 0 Å². The molecule has 0 unspecified atom stereocenters. The molecular formula is C10H20O3. The first kappa shape index (κ1) is 12.4. The van der Waals surface area contributed by atoms with Gasteiger partial charge in [-0.2, -0.15) is 0 Å². The molecule has 0 heterocycles. The Hall–Kier alpha value is -0.570. The number of hydrogen-bond acceptors (Lipinski definition) is 3. The van der Waals surface area contributed by atoms with E-state index in [0.29, 0.717) is 12.8 Å². The van der Waals surface area contributed by atoms with Crippen molar-refractivity contribution in [3.05, 3.63) is 0 Å². The van der Waals surface area contributed by atoms with Crippen molar-refractivity contribution in [1.82, 2.24) is 0 Å². The lowest BCUT2D eigenvalue weighted by molar-refractivity contribution is -0.156. The molecule has 0 rings (SSSR count). The molecule has 0 bridgehead atoms. The Labute approximate surface area is 80.1 Å². The Morgan fingerprint density at radius 1 is 1.31 bits per heavy atom. The highest BCUT2D eigenvalue weighted by Gasteiger charge is 2.36. The minimum absolute atomic E-state index is 0.110. The third-order valence-corrected chi connectivity index (χ3v) is 2.38. The highest BCUT2D eigenvalue weighted by Crippen LogP contribution is 2.30. The third kappa shape index (κ3) is 2.99. The van der Waals surface area contributed by atoms with Crippen LogP contribution in [0.3, 0.4) is 0 Å². The van der Waals surface area contributed by atoms with Gasteiger partial charge in [0.2, 0.25) is 0 Å². The average Bonchev–Trinajstić information content (AvgIpc) is 2.16. The molecule has 78 valence electrons. The molecule has 0 radical (unpaired) electrons. The Morgan fingerprint density at radius 2 is 1.77 bits per heavy atom. The minimum atomic E-state index is -0.655. The van der Waals surface area contributed by atoms with Crippen molar-refractivity contribution in [3.8, 4) is 0 Å². The number of rotatable bonds is 6. The van der Waals surface area contributed by atoms with Gasteiger partial charge in [0, 0.05) is 0 Å². The quantitative estimate of drug-likeness (QED) is 0.646. The van der Waals surface area contributed by atoms with Gasteiger partial charge in [0.25, 0.3) is 0 Å². The van der Waals surface area contributed by atoms with Crippen LogP contribution in [0.15, 0.2) is 0 Å². The van der Waals surface area contributed by atoms with Gasteiger partial charge in [0.05, 0.1) is 19.1 Å². The van der Waals surface area contributed by atoms with E-state index < -0.39 is 5.41 Å². The maximum atomic E-state index is 11.5. The van der Waals surface area contributed by atoms with Crippen molar-refractivity contribution >= 4 is 5.97 Å². The molecule has 0 aliphatic rings.